The normalized spacial score (nSPS) is 10.9. The summed E-state index contributed by atoms with van der Waals surface area (Å²) in [4.78, 5) is 0. The maximum atomic E-state index is 4.37. The molecule has 0 unspecified atom stereocenters. The maximum Gasteiger partial charge on any atom is 0.191 e. The van der Waals surface area contributed by atoms with Crippen molar-refractivity contribution in [2.75, 3.05) is 5.75 Å². The number of hydrogen-bond acceptors (Lipinski definition) is 3. The molecule has 0 saturated heterocycles. The molecular weight excluding hydrogens is 266 g/mol. The van der Waals surface area contributed by atoms with Crippen LogP contribution in [0.25, 0.3) is 0 Å². The first kappa shape index (κ1) is 15.1. The van der Waals surface area contributed by atoms with Crippen LogP contribution in [0.5, 0.6) is 0 Å². The Kier molecular flexibility index (Phi) is 6.12. The Hall–Kier alpha value is -1.29. The first-order chi connectivity index (χ1) is 9.85. The highest BCUT2D eigenvalue weighted by Gasteiger charge is 2.11. The van der Waals surface area contributed by atoms with E-state index in [2.05, 4.69) is 52.9 Å². The Morgan fingerprint density at radius 1 is 1.05 bits per heavy atom. The zero-order valence-corrected chi connectivity index (χ0v) is 13.2. The van der Waals surface area contributed by atoms with Crippen LogP contribution >= 0.6 is 11.8 Å². The molecule has 0 saturated carbocycles. The molecular formula is C16H23N3S. The molecule has 0 spiro atoms. The molecule has 1 aromatic heterocycles. The Bertz CT molecular complexity index is 508. The molecule has 0 N–H and O–H groups in total. The maximum absolute atomic E-state index is 4.37. The van der Waals surface area contributed by atoms with Gasteiger partial charge in [-0.05, 0) is 18.9 Å². The summed E-state index contributed by atoms with van der Waals surface area (Å²) in [5.74, 6) is 2.20. The summed E-state index contributed by atoms with van der Waals surface area (Å²) >= 11 is 1.83. The minimum atomic E-state index is 0.858. The van der Waals surface area contributed by atoms with E-state index in [1.165, 1.54) is 24.8 Å². The van der Waals surface area contributed by atoms with E-state index in [-0.39, 0.29) is 0 Å². The fourth-order valence-electron chi connectivity index (χ4n) is 2.17. The van der Waals surface area contributed by atoms with Crippen LogP contribution in [0.15, 0.2) is 35.5 Å². The summed E-state index contributed by atoms with van der Waals surface area (Å²) < 4.78 is 2.24. The van der Waals surface area contributed by atoms with Crippen LogP contribution in [0.4, 0.5) is 0 Å². The molecule has 20 heavy (non-hydrogen) atoms. The monoisotopic (exact) mass is 289 g/mol. The average molecular weight is 289 g/mol. The zero-order valence-electron chi connectivity index (χ0n) is 12.4. The van der Waals surface area contributed by atoms with E-state index in [4.69, 9.17) is 0 Å². The van der Waals surface area contributed by atoms with Gasteiger partial charge in [0.05, 0.1) is 0 Å². The van der Waals surface area contributed by atoms with Crippen LogP contribution in [-0.4, -0.2) is 20.5 Å². The molecule has 4 heteroatoms. The van der Waals surface area contributed by atoms with Gasteiger partial charge in [0.25, 0.3) is 0 Å². The molecule has 3 nitrogen and oxygen atoms in total. The van der Waals surface area contributed by atoms with Crippen molar-refractivity contribution in [3.8, 4) is 0 Å². The molecule has 0 amide bonds. The topological polar surface area (TPSA) is 30.7 Å². The highest BCUT2D eigenvalue weighted by atomic mass is 32.2. The van der Waals surface area contributed by atoms with Gasteiger partial charge in [0.15, 0.2) is 5.16 Å². The van der Waals surface area contributed by atoms with E-state index in [0.717, 1.165) is 29.7 Å². The van der Waals surface area contributed by atoms with E-state index < -0.39 is 0 Å². The number of nitrogens with zero attached hydrogens (tertiary/aromatic N) is 3. The van der Waals surface area contributed by atoms with Crippen molar-refractivity contribution in [1.29, 1.82) is 0 Å². The third-order valence-corrected chi connectivity index (χ3v) is 4.35. The van der Waals surface area contributed by atoms with Gasteiger partial charge in [-0.15, -0.1) is 10.2 Å². The van der Waals surface area contributed by atoms with Crippen molar-refractivity contribution in [3.05, 3.63) is 41.7 Å². The highest BCUT2D eigenvalue weighted by Crippen LogP contribution is 2.20. The van der Waals surface area contributed by atoms with Crippen molar-refractivity contribution in [1.82, 2.24) is 14.8 Å². The molecule has 0 bridgehead atoms. The van der Waals surface area contributed by atoms with Gasteiger partial charge >= 0.3 is 0 Å². The summed E-state index contributed by atoms with van der Waals surface area (Å²) in [7, 11) is 0. The Morgan fingerprint density at radius 3 is 2.55 bits per heavy atom. The van der Waals surface area contributed by atoms with Gasteiger partial charge in [0.2, 0.25) is 0 Å². The van der Waals surface area contributed by atoms with Crippen LogP contribution in [0, 0.1) is 0 Å². The third kappa shape index (κ3) is 4.10. The largest absolute Gasteiger partial charge is 0.306 e. The molecule has 0 atom stereocenters. The van der Waals surface area contributed by atoms with E-state index in [0.29, 0.717) is 0 Å². The summed E-state index contributed by atoms with van der Waals surface area (Å²) in [6, 6.07) is 10.5. The quantitative estimate of drug-likeness (QED) is 0.540. The van der Waals surface area contributed by atoms with Crippen molar-refractivity contribution >= 4 is 11.8 Å². The van der Waals surface area contributed by atoms with Crippen LogP contribution in [0.2, 0.25) is 0 Å². The molecule has 108 valence electrons. The van der Waals surface area contributed by atoms with E-state index in [9.17, 15) is 0 Å². The van der Waals surface area contributed by atoms with E-state index in [1.807, 2.05) is 17.8 Å². The lowest BCUT2D eigenvalue weighted by molar-refractivity contribution is 0.650. The third-order valence-electron chi connectivity index (χ3n) is 3.29. The Morgan fingerprint density at radius 2 is 1.85 bits per heavy atom. The lowest BCUT2D eigenvalue weighted by Crippen LogP contribution is -2.04. The molecule has 1 aromatic carbocycles. The number of aromatic nitrogens is 3. The fourth-order valence-corrected chi connectivity index (χ4v) is 3.19. The number of thioether (sulfide) groups is 1. The van der Waals surface area contributed by atoms with Gasteiger partial charge in [-0.2, -0.15) is 0 Å². The summed E-state index contributed by atoms with van der Waals surface area (Å²) in [5, 5.41) is 9.79. The Labute approximate surface area is 125 Å². The smallest absolute Gasteiger partial charge is 0.191 e. The molecule has 2 rings (SSSR count). The predicted octanol–water partition coefficient (Wildman–Crippen LogP) is 4.17. The number of hydrogen-bond donors (Lipinski definition) is 0. The molecule has 0 fully saturated rings. The minimum Gasteiger partial charge on any atom is -0.306 e. The van der Waals surface area contributed by atoms with Crippen molar-refractivity contribution in [2.24, 2.45) is 0 Å². The standard InChI is InChI=1S/C16H23N3S/c1-3-5-9-12-20-16-18-17-15(19(16)4-2)13-14-10-7-6-8-11-14/h6-8,10-11H,3-5,9,12-13H2,1-2H3. The van der Waals surface area contributed by atoms with Gasteiger partial charge in [-0.3, -0.25) is 0 Å². The Balaban J connectivity index is 2.01. The van der Waals surface area contributed by atoms with Gasteiger partial charge in [-0.1, -0.05) is 61.9 Å². The minimum absolute atomic E-state index is 0.858. The van der Waals surface area contributed by atoms with Crippen molar-refractivity contribution in [2.45, 2.75) is 51.2 Å². The highest BCUT2D eigenvalue weighted by molar-refractivity contribution is 7.99. The first-order valence-electron chi connectivity index (χ1n) is 7.44. The van der Waals surface area contributed by atoms with Crippen LogP contribution in [0.1, 0.15) is 44.5 Å². The van der Waals surface area contributed by atoms with Crippen LogP contribution in [-0.2, 0) is 13.0 Å². The zero-order chi connectivity index (χ0) is 14.2. The molecule has 0 radical (unpaired) electrons. The van der Waals surface area contributed by atoms with Gasteiger partial charge in [0.1, 0.15) is 5.82 Å². The number of rotatable bonds is 8. The second-order valence-electron chi connectivity index (χ2n) is 4.86. The summed E-state index contributed by atoms with van der Waals surface area (Å²) in [6.07, 6.45) is 4.67. The lowest BCUT2D eigenvalue weighted by Gasteiger charge is -2.07. The lowest BCUT2D eigenvalue weighted by atomic mass is 10.1. The van der Waals surface area contributed by atoms with Crippen LogP contribution < -0.4 is 0 Å². The van der Waals surface area contributed by atoms with Crippen molar-refractivity contribution < 1.29 is 0 Å². The first-order valence-corrected chi connectivity index (χ1v) is 8.42. The molecule has 0 aliphatic heterocycles. The van der Waals surface area contributed by atoms with Gasteiger partial charge in [0, 0.05) is 18.7 Å². The SMILES string of the molecule is CCCCCSc1nnc(Cc2ccccc2)n1CC. The number of unbranched alkanes of at least 4 members (excludes halogenated alkanes) is 2. The summed E-state index contributed by atoms with van der Waals surface area (Å²) in [6.45, 7) is 5.33. The van der Waals surface area contributed by atoms with Crippen molar-refractivity contribution in [3.63, 3.8) is 0 Å². The van der Waals surface area contributed by atoms with Gasteiger partial charge in [-0.25, -0.2) is 0 Å². The second-order valence-corrected chi connectivity index (χ2v) is 5.92. The molecule has 0 aliphatic carbocycles. The van der Waals surface area contributed by atoms with E-state index in [1.54, 1.807) is 0 Å². The van der Waals surface area contributed by atoms with Gasteiger partial charge < -0.3 is 4.57 Å². The average Bonchev–Trinajstić information content (AvgIpc) is 2.86. The summed E-state index contributed by atoms with van der Waals surface area (Å²) in [5.41, 5.74) is 1.29. The molecule has 1 heterocycles. The second kappa shape index (κ2) is 8.10. The number of benzene rings is 1. The van der Waals surface area contributed by atoms with E-state index >= 15 is 0 Å². The molecule has 0 aliphatic rings. The molecule has 2 aromatic rings. The predicted molar refractivity (Wildman–Crippen MR) is 85.2 cm³/mol. The fraction of sp³-hybridized carbons (Fsp3) is 0.500. The van der Waals surface area contributed by atoms with Crippen LogP contribution in [0.3, 0.4) is 0 Å².